The van der Waals surface area contributed by atoms with Gasteiger partial charge >= 0.3 is 0 Å². The smallest absolute Gasteiger partial charge is 0.207 e. The maximum absolute atomic E-state index is 13.5. The van der Waals surface area contributed by atoms with Crippen LogP contribution in [0.4, 0.5) is 0 Å². The topological polar surface area (TPSA) is 37.4 Å². The fourth-order valence-corrected chi connectivity index (χ4v) is 12.8. The number of aryl methyl sites for hydroxylation is 1. The minimum Gasteiger partial charge on any atom is -0.207 e. The van der Waals surface area contributed by atoms with Crippen molar-refractivity contribution in [2.45, 2.75) is 56.1 Å². The highest BCUT2D eigenvalue weighted by atomic mass is 32.2. The lowest BCUT2D eigenvalue weighted by Crippen LogP contribution is -2.68. The van der Waals surface area contributed by atoms with E-state index in [0.717, 1.165) is 18.0 Å². The molecule has 32 heavy (non-hydrogen) atoms. The minimum absolute atomic E-state index is 0.0184. The van der Waals surface area contributed by atoms with E-state index in [-0.39, 0.29) is 11.1 Å². The van der Waals surface area contributed by atoms with Gasteiger partial charge in [-0.25, -0.2) is 8.42 Å². The van der Waals surface area contributed by atoms with Crippen LogP contribution in [0.25, 0.3) is 0 Å². The first kappa shape index (κ1) is 23.0. The highest BCUT2D eigenvalue weighted by molar-refractivity contribution is 7.89. The molecule has 0 aromatic heterocycles. The molecular formula is C27H33NO2SSi. The lowest BCUT2D eigenvalue weighted by molar-refractivity contribution is 0.215. The quantitative estimate of drug-likeness (QED) is 0.492. The SMILES string of the molecule is Cc1ccc(S(=O)(=O)N2CC[C@@H]2C[Si](c2ccccc2)(c2ccccc2)C(C)(C)C)cc1. The molecule has 0 spiro atoms. The molecule has 168 valence electrons. The van der Waals surface area contributed by atoms with Crippen molar-refractivity contribution in [2.24, 2.45) is 0 Å². The van der Waals surface area contributed by atoms with E-state index in [0.29, 0.717) is 11.4 Å². The third-order valence-corrected chi connectivity index (χ3v) is 15.3. The maximum Gasteiger partial charge on any atom is 0.243 e. The van der Waals surface area contributed by atoms with E-state index < -0.39 is 18.1 Å². The van der Waals surface area contributed by atoms with Gasteiger partial charge in [-0.1, -0.05) is 110 Å². The Kier molecular flexibility index (Phi) is 6.18. The molecule has 1 aliphatic heterocycles. The van der Waals surface area contributed by atoms with Crippen molar-refractivity contribution in [3.05, 3.63) is 90.5 Å². The average Bonchev–Trinajstić information content (AvgIpc) is 2.74. The predicted molar refractivity (Wildman–Crippen MR) is 136 cm³/mol. The first-order chi connectivity index (χ1) is 15.2. The molecule has 0 amide bonds. The molecule has 1 fully saturated rings. The zero-order chi connectivity index (χ0) is 23.0. The summed E-state index contributed by atoms with van der Waals surface area (Å²) in [6, 6.07) is 29.7. The van der Waals surface area contributed by atoms with E-state index in [9.17, 15) is 8.42 Å². The second-order valence-electron chi connectivity index (χ2n) is 9.96. The molecule has 5 heteroatoms. The summed E-state index contributed by atoms with van der Waals surface area (Å²) >= 11 is 0. The molecule has 0 saturated carbocycles. The Bertz CT molecular complexity index is 1110. The summed E-state index contributed by atoms with van der Waals surface area (Å²) in [5.74, 6) is 0. The molecule has 0 radical (unpaired) electrons. The number of benzene rings is 3. The van der Waals surface area contributed by atoms with Crippen LogP contribution in [-0.4, -0.2) is 33.4 Å². The van der Waals surface area contributed by atoms with Crippen molar-refractivity contribution >= 4 is 28.5 Å². The standard InChI is InChI=1S/C27H33NO2SSi/c1-22-15-17-24(18-16-22)31(29,30)28-20-19-23(28)21-32(27(2,3)4,25-11-7-5-8-12-25)26-13-9-6-10-14-26/h5-18,23H,19-21H2,1-4H3/t23-/m1/s1. The lowest BCUT2D eigenvalue weighted by atomic mass is 10.1. The van der Waals surface area contributed by atoms with Gasteiger partial charge < -0.3 is 0 Å². The van der Waals surface area contributed by atoms with Gasteiger partial charge in [-0.15, -0.1) is 0 Å². The van der Waals surface area contributed by atoms with Crippen molar-refractivity contribution in [1.29, 1.82) is 0 Å². The number of nitrogens with zero attached hydrogens (tertiary/aromatic N) is 1. The van der Waals surface area contributed by atoms with Crippen LogP contribution in [0.2, 0.25) is 11.1 Å². The Labute approximate surface area is 194 Å². The molecule has 0 bridgehead atoms. The number of rotatable bonds is 6. The van der Waals surface area contributed by atoms with Gasteiger partial charge in [-0.3, -0.25) is 0 Å². The van der Waals surface area contributed by atoms with E-state index in [2.05, 4.69) is 81.4 Å². The van der Waals surface area contributed by atoms with Gasteiger partial charge in [0.05, 0.1) is 4.90 Å². The van der Waals surface area contributed by atoms with Crippen LogP contribution in [0.5, 0.6) is 0 Å². The molecular weight excluding hydrogens is 430 g/mol. The molecule has 0 N–H and O–H groups in total. The van der Waals surface area contributed by atoms with Crippen LogP contribution in [0, 0.1) is 6.92 Å². The molecule has 1 aliphatic rings. The summed E-state index contributed by atoms with van der Waals surface area (Å²) in [7, 11) is -5.81. The van der Waals surface area contributed by atoms with E-state index in [1.165, 1.54) is 10.4 Å². The van der Waals surface area contributed by atoms with E-state index in [4.69, 9.17) is 0 Å². The van der Waals surface area contributed by atoms with Gasteiger partial charge in [0.25, 0.3) is 0 Å². The van der Waals surface area contributed by atoms with Crippen LogP contribution in [0.3, 0.4) is 0 Å². The van der Waals surface area contributed by atoms with Crippen molar-refractivity contribution in [1.82, 2.24) is 4.31 Å². The Morgan fingerprint density at radius 2 is 1.34 bits per heavy atom. The Morgan fingerprint density at radius 1 is 0.844 bits per heavy atom. The largest absolute Gasteiger partial charge is 0.243 e. The highest BCUT2D eigenvalue weighted by Gasteiger charge is 2.52. The molecule has 3 aromatic carbocycles. The normalized spacial score (nSPS) is 17.7. The zero-order valence-corrected chi connectivity index (χ0v) is 21.3. The lowest BCUT2D eigenvalue weighted by Gasteiger charge is -2.50. The molecule has 1 saturated heterocycles. The highest BCUT2D eigenvalue weighted by Crippen LogP contribution is 2.43. The summed E-state index contributed by atoms with van der Waals surface area (Å²) in [5, 5.41) is 2.77. The number of hydrogen-bond donors (Lipinski definition) is 0. The first-order valence-corrected chi connectivity index (χ1v) is 15.0. The van der Waals surface area contributed by atoms with E-state index in [1.54, 1.807) is 16.4 Å². The Hall–Kier alpha value is -2.21. The number of sulfonamides is 1. The van der Waals surface area contributed by atoms with Crippen LogP contribution in [0.15, 0.2) is 89.8 Å². The van der Waals surface area contributed by atoms with Crippen LogP contribution in [-0.2, 0) is 10.0 Å². The molecule has 1 atom stereocenters. The Morgan fingerprint density at radius 3 is 1.75 bits per heavy atom. The van der Waals surface area contributed by atoms with E-state index >= 15 is 0 Å². The summed E-state index contributed by atoms with van der Waals surface area (Å²) < 4.78 is 28.7. The third kappa shape index (κ3) is 3.98. The van der Waals surface area contributed by atoms with Gasteiger partial charge in [0.15, 0.2) is 0 Å². The van der Waals surface area contributed by atoms with Crippen molar-refractivity contribution in [3.8, 4) is 0 Å². The van der Waals surface area contributed by atoms with Gasteiger partial charge in [0.1, 0.15) is 8.07 Å². The number of hydrogen-bond acceptors (Lipinski definition) is 2. The molecule has 0 aliphatic carbocycles. The summed E-state index contributed by atoms with van der Waals surface area (Å²) in [5.41, 5.74) is 1.07. The third-order valence-electron chi connectivity index (χ3n) is 7.07. The van der Waals surface area contributed by atoms with Crippen LogP contribution in [0.1, 0.15) is 32.8 Å². The second kappa shape index (κ2) is 8.62. The minimum atomic E-state index is -3.49. The van der Waals surface area contributed by atoms with Gasteiger partial charge in [0.2, 0.25) is 10.0 Å². The Balaban J connectivity index is 1.78. The monoisotopic (exact) mass is 463 g/mol. The van der Waals surface area contributed by atoms with E-state index in [1.807, 2.05) is 19.1 Å². The summed E-state index contributed by atoms with van der Waals surface area (Å²) in [4.78, 5) is 0.398. The van der Waals surface area contributed by atoms with Crippen molar-refractivity contribution < 1.29 is 8.42 Å². The second-order valence-corrected chi connectivity index (χ2v) is 16.7. The molecule has 4 rings (SSSR count). The summed E-state index contributed by atoms with van der Waals surface area (Å²) in [6.07, 6.45) is 0.912. The first-order valence-electron chi connectivity index (χ1n) is 11.4. The summed E-state index contributed by atoms with van der Waals surface area (Å²) in [6.45, 7) is 9.56. The fraction of sp³-hybridized carbons (Fsp3) is 0.333. The molecule has 0 unspecified atom stereocenters. The molecule has 1 heterocycles. The average molecular weight is 464 g/mol. The van der Waals surface area contributed by atoms with Gasteiger partial charge in [0, 0.05) is 12.6 Å². The van der Waals surface area contributed by atoms with Crippen molar-refractivity contribution in [2.75, 3.05) is 6.54 Å². The van der Waals surface area contributed by atoms with Crippen LogP contribution >= 0.6 is 0 Å². The van der Waals surface area contributed by atoms with Gasteiger partial charge in [-0.05, 0) is 36.6 Å². The molecule has 3 aromatic rings. The van der Waals surface area contributed by atoms with Gasteiger partial charge in [-0.2, -0.15) is 4.31 Å². The van der Waals surface area contributed by atoms with Crippen molar-refractivity contribution in [3.63, 3.8) is 0 Å². The van der Waals surface area contributed by atoms with Crippen LogP contribution < -0.4 is 10.4 Å². The zero-order valence-electron chi connectivity index (χ0n) is 19.5. The molecule has 3 nitrogen and oxygen atoms in total. The maximum atomic E-state index is 13.5. The fourth-order valence-electron chi connectivity index (χ4n) is 5.16. The predicted octanol–water partition coefficient (Wildman–Crippen LogP) is 4.82.